The van der Waals surface area contributed by atoms with Crippen LogP contribution in [0.1, 0.15) is 91.4 Å². The van der Waals surface area contributed by atoms with Crippen LogP contribution in [0, 0.1) is 11.8 Å². The second kappa shape index (κ2) is 16.8. The highest BCUT2D eigenvalue weighted by molar-refractivity contribution is 5.70. The van der Waals surface area contributed by atoms with Crippen molar-refractivity contribution < 1.29 is 44.9 Å². The number of aliphatic hydroxyl groups is 5. The Labute approximate surface area is 204 Å². The van der Waals surface area contributed by atoms with Crippen molar-refractivity contribution >= 4 is 5.97 Å². The molecule has 1 rings (SSSR count). The minimum absolute atomic E-state index is 0.197. The van der Waals surface area contributed by atoms with E-state index in [2.05, 4.69) is 0 Å². The Morgan fingerprint density at radius 1 is 0.824 bits per heavy atom. The summed E-state index contributed by atoms with van der Waals surface area (Å²) in [4.78, 5) is 11.5. The van der Waals surface area contributed by atoms with Gasteiger partial charge in [-0.2, -0.15) is 0 Å². The zero-order valence-corrected chi connectivity index (χ0v) is 21.1. The second-order valence-corrected chi connectivity index (χ2v) is 10.1. The fourth-order valence-corrected chi connectivity index (χ4v) is 4.22. The minimum atomic E-state index is -1.56. The average molecular weight is 493 g/mol. The molecule has 8 atom stereocenters. The number of carboxylic acid groups (broad SMARTS) is 1. The van der Waals surface area contributed by atoms with Crippen LogP contribution in [-0.4, -0.2) is 86.1 Å². The molecule has 1 aliphatic heterocycles. The van der Waals surface area contributed by atoms with Crippen LogP contribution in [0.25, 0.3) is 0 Å². The summed E-state index contributed by atoms with van der Waals surface area (Å²) in [6.45, 7) is 5.04. The lowest BCUT2D eigenvalue weighted by molar-refractivity contribution is -0.314. The van der Waals surface area contributed by atoms with Crippen LogP contribution in [0.15, 0.2) is 0 Å². The van der Waals surface area contributed by atoms with Crippen LogP contribution in [0.5, 0.6) is 0 Å². The van der Waals surface area contributed by atoms with E-state index in [0.717, 1.165) is 51.4 Å². The molecular weight excluding hydrogens is 444 g/mol. The van der Waals surface area contributed by atoms with Crippen LogP contribution < -0.4 is 0 Å². The molecule has 0 saturated carbocycles. The number of carbonyl (C=O) groups is 1. The second-order valence-electron chi connectivity index (χ2n) is 10.1. The number of hydrogen-bond acceptors (Lipinski definition) is 8. The predicted octanol–water partition coefficient (Wildman–Crippen LogP) is 2.20. The quantitative estimate of drug-likeness (QED) is 0.158. The predicted molar refractivity (Wildman–Crippen MR) is 127 cm³/mol. The van der Waals surface area contributed by atoms with E-state index in [1.54, 1.807) is 0 Å². The van der Waals surface area contributed by atoms with Crippen LogP contribution in [0.4, 0.5) is 0 Å². The first-order valence-corrected chi connectivity index (χ1v) is 13.0. The molecule has 1 aliphatic rings. The van der Waals surface area contributed by atoms with E-state index in [1.165, 1.54) is 19.8 Å². The molecule has 0 aliphatic carbocycles. The molecule has 0 aromatic rings. The van der Waals surface area contributed by atoms with Gasteiger partial charge in [0.1, 0.15) is 24.4 Å². The normalized spacial score (nSPS) is 28.1. The van der Waals surface area contributed by atoms with E-state index >= 15 is 0 Å². The van der Waals surface area contributed by atoms with Gasteiger partial charge in [-0.25, -0.2) is 0 Å². The number of aliphatic hydroxyl groups excluding tert-OH is 5. The molecule has 1 saturated heterocycles. The maximum atomic E-state index is 11.5. The molecule has 3 unspecified atom stereocenters. The molecular formula is C25H48O9. The number of aliphatic carboxylic acids is 1. The number of ether oxygens (including phenoxy) is 2. The Morgan fingerprint density at radius 3 is 1.79 bits per heavy atom. The van der Waals surface area contributed by atoms with Gasteiger partial charge in [-0.15, -0.1) is 0 Å². The first-order chi connectivity index (χ1) is 16.1. The SMILES string of the molecule is CC(C)C(O)CCCCCCCCCCCC(O[C@@H]1O[C@H](CO)[C@@H](O)[C@H](O)[C@H]1O)C(C)C(=O)O. The lowest BCUT2D eigenvalue weighted by Gasteiger charge is -2.41. The summed E-state index contributed by atoms with van der Waals surface area (Å²) in [6.07, 6.45) is 2.95. The van der Waals surface area contributed by atoms with Crippen LogP contribution in [-0.2, 0) is 14.3 Å². The largest absolute Gasteiger partial charge is 0.481 e. The van der Waals surface area contributed by atoms with Gasteiger partial charge in [-0.3, -0.25) is 4.79 Å². The van der Waals surface area contributed by atoms with E-state index in [-0.39, 0.29) is 6.10 Å². The van der Waals surface area contributed by atoms with E-state index in [1.807, 2.05) is 13.8 Å². The van der Waals surface area contributed by atoms with Crippen molar-refractivity contribution in [3.63, 3.8) is 0 Å². The maximum absolute atomic E-state index is 11.5. The molecule has 0 spiro atoms. The summed E-state index contributed by atoms with van der Waals surface area (Å²) >= 11 is 0. The fourth-order valence-electron chi connectivity index (χ4n) is 4.22. The summed E-state index contributed by atoms with van der Waals surface area (Å²) in [5, 5.41) is 58.6. The van der Waals surface area contributed by atoms with E-state index in [0.29, 0.717) is 12.3 Å². The fraction of sp³-hybridized carbons (Fsp3) is 0.960. The summed E-state index contributed by atoms with van der Waals surface area (Å²) in [7, 11) is 0. The van der Waals surface area contributed by atoms with Gasteiger partial charge in [0.15, 0.2) is 6.29 Å². The number of hydrogen-bond donors (Lipinski definition) is 6. The van der Waals surface area contributed by atoms with Crippen molar-refractivity contribution in [2.24, 2.45) is 11.8 Å². The monoisotopic (exact) mass is 492 g/mol. The minimum Gasteiger partial charge on any atom is -0.481 e. The summed E-state index contributed by atoms with van der Waals surface area (Å²) in [5.41, 5.74) is 0. The molecule has 9 heteroatoms. The lowest BCUT2D eigenvalue weighted by Crippen LogP contribution is -2.60. The van der Waals surface area contributed by atoms with Crippen molar-refractivity contribution in [3.8, 4) is 0 Å². The van der Waals surface area contributed by atoms with Gasteiger partial charge >= 0.3 is 5.97 Å². The van der Waals surface area contributed by atoms with Crippen LogP contribution in [0.2, 0.25) is 0 Å². The van der Waals surface area contributed by atoms with Gasteiger partial charge in [0.05, 0.1) is 24.7 Å². The van der Waals surface area contributed by atoms with E-state index < -0.39 is 55.3 Å². The Hall–Kier alpha value is -0.810. The van der Waals surface area contributed by atoms with Gasteiger partial charge in [0.2, 0.25) is 0 Å². The lowest BCUT2D eigenvalue weighted by atomic mass is 9.96. The van der Waals surface area contributed by atoms with Crippen molar-refractivity contribution in [1.29, 1.82) is 0 Å². The Bertz CT molecular complexity index is 542. The van der Waals surface area contributed by atoms with Crippen molar-refractivity contribution in [3.05, 3.63) is 0 Å². The number of rotatable bonds is 18. The third kappa shape index (κ3) is 10.8. The van der Waals surface area contributed by atoms with Crippen molar-refractivity contribution in [2.75, 3.05) is 6.61 Å². The highest BCUT2D eigenvalue weighted by atomic mass is 16.7. The van der Waals surface area contributed by atoms with Gasteiger partial charge in [-0.05, 0) is 25.7 Å². The zero-order chi connectivity index (χ0) is 25.7. The van der Waals surface area contributed by atoms with Crippen molar-refractivity contribution in [1.82, 2.24) is 0 Å². The summed E-state index contributed by atoms with van der Waals surface area (Å²) in [6, 6.07) is 0. The first kappa shape index (κ1) is 31.2. The topological polar surface area (TPSA) is 157 Å². The third-order valence-electron chi connectivity index (χ3n) is 6.86. The maximum Gasteiger partial charge on any atom is 0.308 e. The molecule has 0 aromatic carbocycles. The van der Waals surface area contributed by atoms with Gasteiger partial charge in [0.25, 0.3) is 0 Å². The zero-order valence-electron chi connectivity index (χ0n) is 21.1. The highest BCUT2D eigenvalue weighted by Gasteiger charge is 2.45. The van der Waals surface area contributed by atoms with Gasteiger partial charge in [0, 0.05) is 0 Å². The molecule has 0 amide bonds. The number of unbranched alkanes of at least 4 members (excludes halogenated alkanes) is 8. The van der Waals surface area contributed by atoms with Gasteiger partial charge in [-0.1, -0.05) is 71.6 Å². The standard InChI is InChI=1S/C25H48O9/c1-16(2)18(27)13-11-9-7-5-4-6-8-10-12-14-19(17(3)24(31)32)33-25-23(30)22(29)21(28)20(15-26)34-25/h16-23,25-30H,4-15H2,1-3H3,(H,31,32)/t17?,18?,19?,20-,21-,22+,23-,25-/m1/s1. The molecule has 1 fully saturated rings. The Kier molecular flexibility index (Phi) is 15.4. The molecule has 0 bridgehead atoms. The third-order valence-corrected chi connectivity index (χ3v) is 6.86. The van der Waals surface area contributed by atoms with Crippen LogP contribution >= 0.6 is 0 Å². The molecule has 0 radical (unpaired) electrons. The average Bonchev–Trinajstić information content (AvgIpc) is 2.80. The first-order valence-electron chi connectivity index (χ1n) is 13.0. The molecule has 6 N–H and O–H groups in total. The molecule has 0 aromatic heterocycles. The van der Waals surface area contributed by atoms with E-state index in [9.17, 15) is 35.4 Å². The van der Waals surface area contributed by atoms with Gasteiger partial charge < -0.3 is 40.1 Å². The highest BCUT2D eigenvalue weighted by Crippen LogP contribution is 2.26. The van der Waals surface area contributed by atoms with Crippen LogP contribution in [0.3, 0.4) is 0 Å². The molecule has 34 heavy (non-hydrogen) atoms. The summed E-state index contributed by atoms with van der Waals surface area (Å²) < 4.78 is 11.1. The molecule has 1 heterocycles. The molecule has 9 nitrogen and oxygen atoms in total. The van der Waals surface area contributed by atoms with Crippen molar-refractivity contribution in [2.45, 2.75) is 134 Å². The number of carboxylic acids is 1. The summed E-state index contributed by atoms with van der Waals surface area (Å²) in [5.74, 6) is -1.56. The Morgan fingerprint density at radius 2 is 1.32 bits per heavy atom. The Balaban J connectivity index is 2.31. The molecule has 202 valence electrons. The smallest absolute Gasteiger partial charge is 0.308 e. The van der Waals surface area contributed by atoms with E-state index in [4.69, 9.17) is 9.47 Å².